The van der Waals surface area contributed by atoms with Crippen molar-refractivity contribution in [3.63, 3.8) is 0 Å². The molecule has 0 saturated heterocycles. The Hall–Kier alpha value is -0.760. The number of ether oxygens (including phenoxy) is 1. The summed E-state index contributed by atoms with van der Waals surface area (Å²) in [5.41, 5.74) is 0. The lowest BCUT2D eigenvalue weighted by molar-refractivity contribution is 0.144. The van der Waals surface area contributed by atoms with E-state index in [9.17, 15) is 0 Å². The zero-order chi connectivity index (χ0) is 16.2. The number of aliphatic imine (C=N–C) groups is 1. The van der Waals surface area contributed by atoms with Crippen molar-refractivity contribution >= 4 is 29.9 Å². The molecule has 0 unspecified atom stereocenters. The van der Waals surface area contributed by atoms with Gasteiger partial charge in [0.25, 0.3) is 0 Å². The van der Waals surface area contributed by atoms with Gasteiger partial charge in [0.05, 0.1) is 6.26 Å². The van der Waals surface area contributed by atoms with Gasteiger partial charge in [0.1, 0.15) is 5.76 Å². The molecule has 1 aliphatic carbocycles. The lowest BCUT2D eigenvalue weighted by atomic mass is 10.2. The van der Waals surface area contributed by atoms with Crippen molar-refractivity contribution in [3.8, 4) is 0 Å². The number of furan rings is 1. The molecule has 1 aromatic heterocycles. The molecule has 1 fully saturated rings. The van der Waals surface area contributed by atoms with Crippen molar-refractivity contribution in [2.45, 2.75) is 57.9 Å². The van der Waals surface area contributed by atoms with Gasteiger partial charge in [-0.25, -0.2) is 0 Å². The van der Waals surface area contributed by atoms with Crippen LogP contribution in [0, 0.1) is 0 Å². The van der Waals surface area contributed by atoms with Crippen molar-refractivity contribution in [2.24, 2.45) is 4.99 Å². The quantitative estimate of drug-likeness (QED) is 0.247. The Kier molecular flexibility index (Phi) is 12.0. The highest BCUT2D eigenvalue weighted by Crippen LogP contribution is 2.17. The molecule has 1 aliphatic rings. The Labute approximate surface area is 163 Å². The van der Waals surface area contributed by atoms with Crippen molar-refractivity contribution in [1.82, 2.24) is 10.6 Å². The molecular weight excluding hydrogens is 417 g/mol. The molecule has 5 nitrogen and oxygen atoms in total. The zero-order valence-electron chi connectivity index (χ0n) is 14.8. The monoisotopic (exact) mass is 449 g/mol. The topological polar surface area (TPSA) is 58.8 Å². The van der Waals surface area contributed by atoms with Gasteiger partial charge in [-0.3, -0.25) is 4.99 Å². The number of unbranched alkanes of at least 4 members (excludes halogenated alkanes) is 1. The highest BCUT2D eigenvalue weighted by atomic mass is 127. The van der Waals surface area contributed by atoms with Crippen LogP contribution in [0.2, 0.25) is 0 Å². The van der Waals surface area contributed by atoms with E-state index in [0.717, 1.165) is 57.3 Å². The maximum Gasteiger partial charge on any atom is 0.191 e. The second-order valence-electron chi connectivity index (χ2n) is 6.02. The number of rotatable bonds is 10. The molecule has 6 heteroatoms. The fraction of sp³-hybridized carbons (Fsp3) is 0.722. The van der Waals surface area contributed by atoms with E-state index >= 15 is 0 Å². The number of hydrogen-bond donors (Lipinski definition) is 2. The predicted molar refractivity (Wildman–Crippen MR) is 109 cm³/mol. The molecule has 2 rings (SSSR count). The average molecular weight is 449 g/mol. The second kappa shape index (κ2) is 13.5. The Morgan fingerprint density at radius 2 is 2.17 bits per heavy atom. The van der Waals surface area contributed by atoms with Gasteiger partial charge in [-0.1, -0.05) is 12.8 Å². The summed E-state index contributed by atoms with van der Waals surface area (Å²) in [7, 11) is 0. The molecule has 138 valence electrons. The summed E-state index contributed by atoms with van der Waals surface area (Å²) in [5.74, 6) is 1.95. The summed E-state index contributed by atoms with van der Waals surface area (Å²) in [4.78, 5) is 4.71. The zero-order valence-corrected chi connectivity index (χ0v) is 17.1. The maximum atomic E-state index is 5.37. The minimum atomic E-state index is 0. The molecule has 0 radical (unpaired) electrons. The Morgan fingerprint density at radius 1 is 1.33 bits per heavy atom. The SMILES string of the molecule is CCOCCCCN=C(NCCc1ccco1)NC1CCCC1.I. The van der Waals surface area contributed by atoms with Crippen LogP contribution < -0.4 is 10.6 Å². The van der Waals surface area contributed by atoms with E-state index in [-0.39, 0.29) is 24.0 Å². The van der Waals surface area contributed by atoms with E-state index in [1.54, 1.807) is 6.26 Å². The molecule has 0 aliphatic heterocycles. The number of guanidine groups is 1. The summed E-state index contributed by atoms with van der Waals surface area (Å²) in [6.45, 7) is 5.35. The summed E-state index contributed by atoms with van der Waals surface area (Å²) in [6.07, 6.45) is 9.89. The van der Waals surface area contributed by atoms with Crippen LogP contribution >= 0.6 is 24.0 Å². The third-order valence-corrected chi connectivity index (χ3v) is 4.11. The molecule has 2 N–H and O–H groups in total. The van der Waals surface area contributed by atoms with Gasteiger partial charge in [-0.05, 0) is 44.7 Å². The molecule has 1 aromatic rings. The lowest BCUT2D eigenvalue weighted by Crippen LogP contribution is -2.43. The molecule has 24 heavy (non-hydrogen) atoms. The molecule has 1 saturated carbocycles. The van der Waals surface area contributed by atoms with E-state index in [0.29, 0.717) is 6.04 Å². The van der Waals surface area contributed by atoms with Crippen LogP contribution in [0.15, 0.2) is 27.8 Å². The largest absolute Gasteiger partial charge is 0.469 e. The highest BCUT2D eigenvalue weighted by molar-refractivity contribution is 14.0. The molecule has 1 heterocycles. The van der Waals surface area contributed by atoms with E-state index in [1.165, 1.54) is 25.7 Å². The average Bonchev–Trinajstić information content (AvgIpc) is 3.24. The highest BCUT2D eigenvalue weighted by Gasteiger charge is 2.15. The first kappa shape index (κ1) is 21.3. The van der Waals surface area contributed by atoms with E-state index in [1.807, 2.05) is 19.1 Å². The number of nitrogens with one attached hydrogen (secondary N) is 2. The summed E-state index contributed by atoms with van der Waals surface area (Å²) in [6, 6.07) is 4.52. The predicted octanol–water partition coefficient (Wildman–Crippen LogP) is 3.73. The summed E-state index contributed by atoms with van der Waals surface area (Å²) >= 11 is 0. The fourth-order valence-corrected chi connectivity index (χ4v) is 2.83. The van der Waals surface area contributed by atoms with Crippen molar-refractivity contribution < 1.29 is 9.15 Å². The third kappa shape index (κ3) is 8.92. The first-order chi connectivity index (χ1) is 11.4. The van der Waals surface area contributed by atoms with Gasteiger partial charge >= 0.3 is 0 Å². The number of halogens is 1. The van der Waals surface area contributed by atoms with Crippen molar-refractivity contribution in [2.75, 3.05) is 26.3 Å². The lowest BCUT2D eigenvalue weighted by Gasteiger charge is -2.17. The van der Waals surface area contributed by atoms with Crippen LogP contribution in [0.4, 0.5) is 0 Å². The Morgan fingerprint density at radius 3 is 2.88 bits per heavy atom. The Balaban J connectivity index is 0.00000288. The van der Waals surface area contributed by atoms with Gasteiger partial charge in [-0.15, -0.1) is 24.0 Å². The van der Waals surface area contributed by atoms with Crippen LogP contribution in [-0.4, -0.2) is 38.3 Å². The fourth-order valence-electron chi connectivity index (χ4n) is 2.83. The minimum Gasteiger partial charge on any atom is -0.469 e. The van der Waals surface area contributed by atoms with Gasteiger partial charge in [0.15, 0.2) is 5.96 Å². The third-order valence-electron chi connectivity index (χ3n) is 4.11. The van der Waals surface area contributed by atoms with E-state index < -0.39 is 0 Å². The number of nitrogens with zero attached hydrogens (tertiary/aromatic N) is 1. The van der Waals surface area contributed by atoms with Crippen molar-refractivity contribution in [1.29, 1.82) is 0 Å². The molecule has 0 aromatic carbocycles. The molecular formula is C18H32IN3O2. The van der Waals surface area contributed by atoms with Gasteiger partial charge < -0.3 is 19.8 Å². The molecule has 0 bridgehead atoms. The Bertz CT molecular complexity index is 431. The molecule has 0 amide bonds. The first-order valence-corrected chi connectivity index (χ1v) is 9.03. The second-order valence-corrected chi connectivity index (χ2v) is 6.02. The molecule has 0 atom stereocenters. The number of hydrogen-bond acceptors (Lipinski definition) is 3. The first-order valence-electron chi connectivity index (χ1n) is 9.03. The minimum absolute atomic E-state index is 0. The van der Waals surface area contributed by atoms with Crippen LogP contribution in [0.3, 0.4) is 0 Å². The van der Waals surface area contributed by atoms with Gasteiger partial charge in [-0.2, -0.15) is 0 Å². The molecule has 0 spiro atoms. The van der Waals surface area contributed by atoms with Crippen LogP contribution in [0.25, 0.3) is 0 Å². The van der Waals surface area contributed by atoms with Crippen LogP contribution in [0.5, 0.6) is 0 Å². The normalized spacial score (nSPS) is 15.3. The standard InChI is InChI=1S/C18H31N3O2.HI/c1-2-22-14-6-5-12-19-18(21-16-8-3-4-9-16)20-13-11-17-10-7-15-23-17;/h7,10,15-16H,2-6,8-9,11-14H2,1H3,(H2,19,20,21);1H. The van der Waals surface area contributed by atoms with Gasteiger partial charge in [0.2, 0.25) is 0 Å². The maximum absolute atomic E-state index is 5.37. The smallest absolute Gasteiger partial charge is 0.191 e. The summed E-state index contributed by atoms with van der Waals surface area (Å²) in [5, 5.41) is 7.01. The van der Waals surface area contributed by atoms with Gasteiger partial charge in [0, 0.05) is 38.8 Å². The van der Waals surface area contributed by atoms with E-state index in [4.69, 9.17) is 14.1 Å². The van der Waals surface area contributed by atoms with Crippen LogP contribution in [-0.2, 0) is 11.2 Å². The summed E-state index contributed by atoms with van der Waals surface area (Å²) < 4.78 is 10.7. The van der Waals surface area contributed by atoms with Crippen LogP contribution in [0.1, 0.15) is 51.2 Å². The van der Waals surface area contributed by atoms with E-state index in [2.05, 4.69) is 10.6 Å². The van der Waals surface area contributed by atoms with Crippen molar-refractivity contribution in [3.05, 3.63) is 24.2 Å².